The van der Waals surface area contributed by atoms with Gasteiger partial charge in [-0.2, -0.15) is 0 Å². The number of carbonyl (C=O) groups excluding carboxylic acids is 2. The Kier molecular flexibility index (Phi) is 8.57. The lowest BCUT2D eigenvalue weighted by Gasteiger charge is -2.06. The molecule has 0 aliphatic rings. The smallest absolute Gasteiger partial charge is 0.311 e. The quantitative estimate of drug-likeness (QED) is 0.285. The Hall–Kier alpha value is -2.17. The van der Waals surface area contributed by atoms with Crippen LogP contribution in [0.4, 0.5) is 4.39 Å². The molecule has 0 aliphatic carbocycles. The Labute approximate surface area is 129 Å². The van der Waals surface area contributed by atoms with E-state index >= 15 is 0 Å². The Balaban J connectivity index is 2.13. The van der Waals surface area contributed by atoms with E-state index in [1.807, 2.05) is 6.08 Å². The van der Waals surface area contributed by atoms with Crippen molar-refractivity contribution in [2.75, 3.05) is 6.61 Å². The predicted molar refractivity (Wildman–Crippen MR) is 80.9 cm³/mol. The highest BCUT2D eigenvalue weighted by atomic mass is 19.1. The molecule has 0 fully saturated rings. The van der Waals surface area contributed by atoms with Crippen LogP contribution in [0.1, 0.15) is 38.5 Å². The van der Waals surface area contributed by atoms with Gasteiger partial charge >= 0.3 is 11.9 Å². The van der Waals surface area contributed by atoms with E-state index in [0.717, 1.165) is 19.3 Å². The number of allylic oxidation sites excluding steroid dienone is 1. The number of ether oxygens (including phenoxy) is 2. The van der Waals surface area contributed by atoms with Crippen molar-refractivity contribution in [2.45, 2.75) is 38.5 Å². The van der Waals surface area contributed by atoms with Crippen molar-refractivity contribution in [2.24, 2.45) is 0 Å². The molecule has 0 heterocycles. The molecule has 1 rings (SSSR count). The van der Waals surface area contributed by atoms with Gasteiger partial charge < -0.3 is 9.47 Å². The Morgan fingerprint density at radius 2 is 1.82 bits per heavy atom. The van der Waals surface area contributed by atoms with Crippen LogP contribution in [-0.2, 0) is 14.3 Å². The average molecular weight is 308 g/mol. The van der Waals surface area contributed by atoms with Crippen molar-refractivity contribution >= 4 is 11.9 Å². The summed E-state index contributed by atoms with van der Waals surface area (Å²) in [5.74, 6) is -1.59. The number of esters is 2. The standard InChI is InChI=1S/C17H21FO4/c1-2-3-4-7-13-21-16(19)11-8-12-17(20)22-15-10-6-5-9-14(15)18/h2,5-6,9-10H,1,3-4,7-8,11-13H2. The zero-order valence-corrected chi connectivity index (χ0v) is 12.6. The SMILES string of the molecule is C=CCCCCOC(=O)CCCC(=O)Oc1ccccc1F. The van der Waals surface area contributed by atoms with Gasteiger partial charge in [-0.25, -0.2) is 4.39 Å². The number of carbonyl (C=O) groups is 2. The largest absolute Gasteiger partial charge is 0.466 e. The third-order valence-corrected chi connectivity index (χ3v) is 2.89. The fourth-order valence-electron chi connectivity index (χ4n) is 1.73. The number of rotatable bonds is 10. The van der Waals surface area contributed by atoms with Crippen LogP contribution in [0.25, 0.3) is 0 Å². The second-order valence-corrected chi connectivity index (χ2v) is 4.76. The minimum absolute atomic E-state index is 0.0416. The van der Waals surface area contributed by atoms with Gasteiger partial charge in [-0.15, -0.1) is 6.58 Å². The lowest BCUT2D eigenvalue weighted by atomic mass is 10.2. The lowest BCUT2D eigenvalue weighted by molar-refractivity contribution is -0.144. The molecule has 0 atom stereocenters. The summed E-state index contributed by atoms with van der Waals surface area (Å²) in [6, 6.07) is 5.68. The molecule has 120 valence electrons. The molecule has 0 spiro atoms. The van der Waals surface area contributed by atoms with E-state index in [2.05, 4.69) is 6.58 Å². The summed E-state index contributed by atoms with van der Waals surface area (Å²) in [7, 11) is 0. The molecule has 0 N–H and O–H groups in total. The maximum absolute atomic E-state index is 13.3. The molecule has 1 aromatic rings. The van der Waals surface area contributed by atoms with Crippen LogP contribution in [0.5, 0.6) is 5.75 Å². The van der Waals surface area contributed by atoms with Gasteiger partial charge in [0.15, 0.2) is 11.6 Å². The maximum atomic E-state index is 13.3. The van der Waals surface area contributed by atoms with Crippen molar-refractivity contribution in [3.05, 3.63) is 42.7 Å². The molecule has 5 heteroatoms. The predicted octanol–water partition coefficient (Wildman–Crippen LogP) is 3.80. The van der Waals surface area contributed by atoms with Crippen LogP contribution < -0.4 is 4.74 Å². The van der Waals surface area contributed by atoms with E-state index in [1.165, 1.54) is 18.2 Å². The van der Waals surface area contributed by atoms with E-state index in [0.29, 0.717) is 13.0 Å². The van der Waals surface area contributed by atoms with E-state index in [-0.39, 0.29) is 24.6 Å². The summed E-state index contributed by atoms with van der Waals surface area (Å²) < 4.78 is 23.2. The molecule has 22 heavy (non-hydrogen) atoms. The van der Waals surface area contributed by atoms with Crippen molar-refractivity contribution in [3.8, 4) is 5.75 Å². The summed E-state index contributed by atoms with van der Waals surface area (Å²) in [6.45, 7) is 3.99. The fraction of sp³-hybridized carbons (Fsp3) is 0.412. The van der Waals surface area contributed by atoms with Gasteiger partial charge in [0.05, 0.1) is 6.61 Å². The normalized spacial score (nSPS) is 10.0. The highest BCUT2D eigenvalue weighted by molar-refractivity contribution is 5.74. The first-order valence-corrected chi connectivity index (χ1v) is 7.35. The topological polar surface area (TPSA) is 52.6 Å². The van der Waals surface area contributed by atoms with Crippen LogP contribution in [0.3, 0.4) is 0 Å². The zero-order valence-electron chi connectivity index (χ0n) is 12.6. The van der Waals surface area contributed by atoms with Gasteiger partial charge in [0.2, 0.25) is 0 Å². The second-order valence-electron chi connectivity index (χ2n) is 4.76. The molecule has 1 aromatic carbocycles. The molecule has 0 amide bonds. The van der Waals surface area contributed by atoms with Gasteiger partial charge in [0, 0.05) is 12.8 Å². The number of benzene rings is 1. The molecule has 0 unspecified atom stereocenters. The number of hydrogen-bond acceptors (Lipinski definition) is 4. The monoisotopic (exact) mass is 308 g/mol. The van der Waals surface area contributed by atoms with Gasteiger partial charge in [-0.1, -0.05) is 18.2 Å². The summed E-state index contributed by atoms with van der Waals surface area (Å²) in [5.41, 5.74) is 0. The Morgan fingerprint density at radius 1 is 1.09 bits per heavy atom. The summed E-state index contributed by atoms with van der Waals surface area (Å²) >= 11 is 0. The molecule has 0 radical (unpaired) electrons. The van der Waals surface area contributed by atoms with Crippen LogP contribution in [0.15, 0.2) is 36.9 Å². The molecule has 0 aromatic heterocycles. The van der Waals surface area contributed by atoms with Gasteiger partial charge in [-0.05, 0) is 37.8 Å². The third kappa shape index (κ3) is 7.57. The molecule has 4 nitrogen and oxygen atoms in total. The maximum Gasteiger partial charge on any atom is 0.311 e. The second kappa shape index (κ2) is 10.5. The molecular weight excluding hydrogens is 287 g/mol. The van der Waals surface area contributed by atoms with Crippen molar-refractivity contribution < 1.29 is 23.5 Å². The number of halogens is 1. The summed E-state index contributed by atoms with van der Waals surface area (Å²) in [5, 5.41) is 0. The average Bonchev–Trinajstić information content (AvgIpc) is 2.49. The molecule has 0 bridgehead atoms. The Bertz CT molecular complexity index is 499. The molecular formula is C17H21FO4. The molecule has 0 aliphatic heterocycles. The van der Waals surface area contributed by atoms with E-state index in [4.69, 9.17) is 9.47 Å². The number of unbranched alkanes of at least 4 members (excludes halogenated alkanes) is 2. The van der Waals surface area contributed by atoms with Crippen molar-refractivity contribution in [1.82, 2.24) is 0 Å². The van der Waals surface area contributed by atoms with Crippen LogP contribution in [-0.4, -0.2) is 18.5 Å². The highest BCUT2D eigenvalue weighted by Gasteiger charge is 2.10. The molecule has 0 saturated heterocycles. The van der Waals surface area contributed by atoms with Crippen LogP contribution >= 0.6 is 0 Å². The van der Waals surface area contributed by atoms with Crippen molar-refractivity contribution in [3.63, 3.8) is 0 Å². The van der Waals surface area contributed by atoms with E-state index < -0.39 is 11.8 Å². The zero-order chi connectivity index (χ0) is 16.2. The fourth-order valence-corrected chi connectivity index (χ4v) is 1.73. The first-order valence-electron chi connectivity index (χ1n) is 7.35. The minimum Gasteiger partial charge on any atom is -0.466 e. The number of hydrogen-bond donors (Lipinski definition) is 0. The molecule has 0 saturated carbocycles. The van der Waals surface area contributed by atoms with E-state index in [9.17, 15) is 14.0 Å². The lowest BCUT2D eigenvalue weighted by Crippen LogP contribution is -2.11. The summed E-state index contributed by atoms with van der Waals surface area (Å²) in [4.78, 5) is 22.9. The van der Waals surface area contributed by atoms with Gasteiger partial charge in [-0.3, -0.25) is 9.59 Å². The van der Waals surface area contributed by atoms with Gasteiger partial charge in [0.1, 0.15) is 0 Å². The van der Waals surface area contributed by atoms with Crippen LogP contribution in [0, 0.1) is 5.82 Å². The Morgan fingerprint density at radius 3 is 2.55 bits per heavy atom. The van der Waals surface area contributed by atoms with Gasteiger partial charge in [0.25, 0.3) is 0 Å². The highest BCUT2D eigenvalue weighted by Crippen LogP contribution is 2.16. The summed E-state index contributed by atoms with van der Waals surface area (Å²) in [6.07, 6.45) is 4.97. The van der Waals surface area contributed by atoms with Crippen molar-refractivity contribution in [1.29, 1.82) is 0 Å². The van der Waals surface area contributed by atoms with Crippen LogP contribution in [0.2, 0.25) is 0 Å². The van der Waals surface area contributed by atoms with E-state index in [1.54, 1.807) is 6.07 Å². The number of para-hydroxylation sites is 1. The minimum atomic E-state index is -0.588. The first-order chi connectivity index (χ1) is 10.6. The first kappa shape index (κ1) is 17.9. The third-order valence-electron chi connectivity index (χ3n) is 2.89.